The van der Waals surface area contributed by atoms with Crippen LogP contribution in [0.15, 0.2) is 34.9 Å². The molecule has 80 valence electrons. The minimum Gasteiger partial charge on any atom is -0.349 e. The first kappa shape index (κ1) is 9.78. The zero-order valence-corrected chi connectivity index (χ0v) is 9.99. The van der Waals surface area contributed by atoms with Crippen molar-refractivity contribution in [2.75, 3.05) is 0 Å². The molecule has 0 spiro atoms. The molecule has 3 nitrogen and oxygen atoms in total. The average molecular weight is 277 g/mol. The second kappa shape index (κ2) is 3.56. The van der Waals surface area contributed by atoms with Gasteiger partial charge in [0, 0.05) is 21.6 Å². The fourth-order valence-corrected chi connectivity index (χ4v) is 2.44. The highest BCUT2D eigenvalue weighted by Crippen LogP contribution is 2.32. The molecule has 1 aromatic carbocycles. The number of nitrogens with zero attached hydrogens (tertiary/aromatic N) is 1. The summed E-state index contributed by atoms with van der Waals surface area (Å²) in [7, 11) is 0. The first-order valence-corrected chi connectivity index (χ1v) is 5.87. The van der Waals surface area contributed by atoms with E-state index in [-0.39, 0.29) is 11.9 Å². The summed E-state index contributed by atoms with van der Waals surface area (Å²) < 4.78 is 1.03. The molecule has 1 fully saturated rings. The van der Waals surface area contributed by atoms with Crippen molar-refractivity contribution in [1.29, 1.82) is 0 Å². The molecular weight excluding hydrogens is 268 g/mol. The van der Waals surface area contributed by atoms with Gasteiger partial charge in [-0.1, -0.05) is 28.1 Å². The van der Waals surface area contributed by atoms with E-state index in [2.05, 4.69) is 26.2 Å². The molecule has 0 radical (unpaired) electrons. The molecule has 16 heavy (non-hydrogen) atoms. The Morgan fingerprint density at radius 1 is 1.38 bits per heavy atom. The van der Waals surface area contributed by atoms with E-state index in [9.17, 15) is 4.79 Å². The van der Waals surface area contributed by atoms with Crippen LogP contribution >= 0.6 is 15.9 Å². The molecule has 1 aromatic heterocycles. The summed E-state index contributed by atoms with van der Waals surface area (Å²) in [5.74, 6) is 0.108. The first-order valence-electron chi connectivity index (χ1n) is 5.08. The predicted octanol–water partition coefficient (Wildman–Crippen LogP) is 2.56. The van der Waals surface area contributed by atoms with Gasteiger partial charge in [-0.3, -0.25) is 9.78 Å². The van der Waals surface area contributed by atoms with E-state index in [4.69, 9.17) is 0 Å². The molecule has 1 unspecified atom stereocenters. The quantitative estimate of drug-likeness (QED) is 0.814. The number of amides is 1. The Morgan fingerprint density at radius 2 is 2.19 bits per heavy atom. The molecule has 0 aliphatic carbocycles. The van der Waals surface area contributed by atoms with Gasteiger partial charge in [-0.25, -0.2) is 0 Å². The van der Waals surface area contributed by atoms with Crippen LogP contribution < -0.4 is 5.32 Å². The minimum absolute atomic E-state index is 0.108. The zero-order chi connectivity index (χ0) is 11.1. The Hall–Kier alpha value is -1.42. The van der Waals surface area contributed by atoms with Crippen molar-refractivity contribution in [3.63, 3.8) is 0 Å². The van der Waals surface area contributed by atoms with E-state index >= 15 is 0 Å². The van der Waals surface area contributed by atoms with Crippen LogP contribution in [-0.4, -0.2) is 10.9 Å². The molecule has 1 amide bonds. The van der Waals surface area contributed by atoms with Crippen LogP contribution in [-0.2, 0) is 4.79 Å². The van der Waals surface area contributed by atoms with E-state index in [0.29, 0.717) is 6.42 Å². The molecule has 1 aliphatic rings. The number of β-lactam (4-membered cyclic amide) rings is 1. The lowest BCUT2D eigenvalue weighted by atomic mass is 9.95. The summed E-state index contributed by atoms with van der Waals surface area (Å²) >= 11 is 3.50. The van der Waals surface area contributed by atoms with Gasteiger partial charge in [0.2, 0.25) is 5.91 Å². The number of carbonyl (C=O) groups excluding carboxylic acids is 1. The Bertz CT molecular complexity index is 574. The molecule has 3 rings (SSSR count). The van der Waals surface area contributed by atoms with Crippen molar-refractivity contribution in [1.82, 2.24) is 10.3 Å². The molecule has 1 saturated heterocycles. The van der Waals surface area contributed by atoms with Gasteiger partial charge >= 0.3 is 0 Å². The number of carbonyl (C=O) groups is 1. The van der Waals surface area contributed by atoms with Crippen LogP contribution in [0.25, 0.3) is 10.9 Å². The van der Waals surface area contributed by atoms with Gasteiger partial charge in [0.15, 0.2) is 0 Å². The van der Waals surface area contributed by atoms with Crippen LogP contribution in [0.3, 0.4) is 0 Å². The van der Waals surface area contributed by atoms with Crippen LogP contribution in [0.4, 0.5) is 0 Å². The molecular formula is C12H9BrN2O. The van der Waals surface area contributed by atoms with Crippen molar-refractivity contribution < 1.29 is 4.79 Å². The topological polar surface area (TPSA) is 42.0 Å². The molecule has 2 aromatic rings. The van der Waals surface area contributed by atoms with Gasteiger partial charge in [-0.2, -0.15) is 0 Å². The van der Waals surface area contributed by atoms with Crippen molar-refractivity contribution in [3.05, 3.63) is 40.5 Å². The summed E-state index contributed by atoms with van der Waals surface area (Å²) in [5, 5.41) is 3.96. The van der Waals surface area contributed by atoms with Crippen LogP contribution in [0, 0.1) is 0 Å². The summed E-state index contributed by atoms with van der Waals surface area (Å²) in [6.45, 7) is 0. The molecule has 0 saturated carbocycles. The highest BCUT2D eigenvalue weighted by atomic mass is 79.9. The maximum Gasteiger partial charge on any atom is 0.222 e. The molecule has 1 aliphatic heterocycles. The third-order valence-electron chi connectivity index (χ3n) is 2.85. The summed E-state index contributed by atoms with van der Waals surface area (Å²) in [6, 6.07) is 8.08. The minimum atomic E-state index is 0.108. The SMILES string of the molecule is O=C1CC(c2ccc(Br)c3cccnc23)N1. The fraction of sp³-hybridized carbons (Fsp3) is 0.167. The monoisotopic (exact) mass is 276 g/mol. The largest absolute Gasteiger partial charge is 0.349 e. The van der Waals surface area contributed by atoms with Crippen molar-refractivity contribution >= 4 is 32.7 Å². The lowest BCUT2D eigenvalue weighted by Crippen LogP contribution is -2.41. The standard InChI is InChI=1S/C12H9BrN2O/c13-9-4-3-8(10-6-11(16)15-10)12-7(9)2-1-5-14-12/h1-5,10H,6H2,(H,15,16). The smallest absolute Gasteiger partial charge is 0.222 e. The van der Waals surface area contributed by atoms with Crippen molar-refractivity contribution in [3.8, 4) is 0 Å². The first-order chi connectivity index (χ1) is 7.75. The second-order valence-electron chi connectivity index (χ2n) is 3.86. The molecule has 2 heterocycles. The van der Waals surface area contributed by atoms with Gasteiger partial charge in [0.1, 0.15) is 0 Å². The van der Waals surface area contributed by atoms with Gasteiger partial charge in [0.25, 0.3) is 0 Å². The third-order valence-corrected chi connectivity index (χ3v) is 3.54. The molecule has 1 atom stereocenters. The van der Waals surface area contributed by atoms with Gasteiger partial charge in [0.05, 0.1) is 18.0 Å². The predicted molar refractivity (Wildman–Crippen MR) is 64.9 cm³/mol. The number of rotatable bonds is 1. The van der Waals surface area contributed by atoms with Crippen molar-refractivity contribution in [2.45, 2.75) is 12.5 Å². The number of hydrogen-bond acceptors (Lipinski definition) is 2. The molecule has 1 N–H and O–H groups in total. The highest BCUT2D eigenvalue weighted by molar-refractivity contribution is 9.10. The number of halogens is 1. The Morgan fingerprint density at radius 3 is 2.94 bits per heavy atom. The summed E-state index contributed by atoms with van der Waals surface area (Å²) in [4.78, 5) is 15.3. The second-order valence-corrected chi connectivity index (χ2v) is 4.71. The van der Waals surface area contributed by atoms with E-state index in [1.807, 2.05) is 24.3 Å². The number of aromatic nitrogens is 1. The van der Waals surface area contributed by atoms with E-state index < -0.39 is 0 Å². The van der Waals surface area contributed by atoms with Crippen molar-refractivity contribution in [2.24, 2.45) is 0 Å². The average Bonchev–Trinajstić information content (AvgIpc) is 2.27. The van der Waals surface area contributed by atoms with Crippen LogP contribution in [0.2, 0.25) is 0 Å². The maximum atomic E-state index is 10.9. The van der Waals surface area contributed by atoms with Gasteiger partial charge in [-0.05, 0) is 12.1 Å². The van der Waals surface area contributed by atoms with Crippen LogP contribution in [0.5, 0.6) is 0 Å². The third kappa shape index (κ3) is 1.41. The zero-order valence-electron chi connectivity index (χ0n) is 8.40. The Balaban J connectivity index is 2.18. The Labute approximate surface area is 101 Å². The lowest BCUT2D eigenvalue weighted by Gasteiger charge is -2.28. The maximum absolute atomic E-state index is 10.9. The number of nitrogens with one attached hydrogen (secondary N) is 1. The number of fused-ring (bicyclic) bond motifs is 1. The highest BCUT2D eigenvalue weighted by Gasteiger charge is 2.28. The number of pyridine rings is 1. The van der Waals surface area contributed by atoms with E-state index in [0.717, 1.165) is 20.9 Å². The summed E-state index contributed by atoms with van der Waals surface area (Å²) in [5.41, 5.74) is 2.06. The van der Waals surface area contributed by atoms with E-state index in [1.54, 1.807) is 6.20 Å². The molecule has 4 heteroatoms. The number of hydrogen-bond donors (Lipinski definition) is 1. The normalized spacial score (nSPS) is 19.3. The summed E-state index contributed by atoms with van der Waals surface area (Å²) in [6.07, 6.45) is 2.34. The Kier molecular flexibility index (Phi) is 2.17. The lowest BCUT2D eigenvalue weighted by molar-refractivity contribution is -0.128. The van der Waals surface area contributed by atoms with Crippen LogP contribution in [0.1, 0.15) is 18.0 Å². The molecule has 0 bridgehead atoms. The van der Waals surface area contributed by atoms with Gasteiger partial charge in [-0.15, -0.1) is 0 Å². The van der Waals surface area contributed by atoms with Gasteiger partial charge < -0.3 is 5.32 Å². The van der Waals surface area contributed by atoms with E-state index in [1.165, 1.54) is 0 Å². The fourth-order valence-electron chi connectivity index (χ4n) is 1.99. The number of benzene rings is 1.